The van der Waals surface area contributed by atoms with E-state index in [1.807, 2.05) is 20.9 Å². The van der Waals surface area contributed by atoms with Crippen LogP contribution in [0, 0.1) is 0 Å². The van der Waals surface area contributed by atoms with Gasteiger partial charge < -0.3 is 5.32 Å². The van der Waals surface area contributed by atoms with E-state index in [9.17, 15) is 0 Å². The molecule has 8 heavy (non-hydrogen) atoms. The van der Waals surface area contributed by atoms with Gasteiger partial charge >= 0.3 is 0 Å². The van der Waals surface area contributed by atoms with Crippen molar-refractivity contribution in [3.63, 3.8) is 0 Å². The summed E-state index contributed by atoms with van der Waals surface area (Å²) in [6, 6.07) is 0. The fraction of sp³-hybridized carbons (Fsp3) is 0.667. The minimum Gasteiger partial charge on any atom is -0.391 e. The first-order valence-corrected chi connectivity index (χ1v) is 3.34. The maximum absolute atomic E-state index is 3.79. The molecule has 0 aliphatic carbocycles. The Bertz CT molecular complexity index is 91.2. The van der Waals surface area contributed by atoms with E-state index in [1.165, 1.54) is 0 Å². The molecule has 0 fully saturated rings. The summed E-state index contributed by atoms with van der Waals surface area (Å²) in [4.78, 5) is 0. The first-order valence-electron chi connectivity index (χ1n) is 2.54. The Balaban J connectivity index is 3.82. The highest BCUT2D eigenvalue weighted by molar-refractivity contribution is 9.10. The van der Waals surface area contributed by atoms with Crippen LogP contribution in [0.15, 0.2) is 12.3 Å². The number of halogens is 1. The molecule has 0 saturated carbocycles. The lowest BCUT2D eigenvalue weighted by Crippen LogP contribution is -2.22. The summed E-state index contributed by atoms with van der Waals surface area (Å²) in [6.07, 6.45) is 0. The van der Waals surface area contributed by atoms with Crippen LogP contribution < -0.4 is 5.32 Å². The summed E-state index contributed by atoms with van der Waals surface area (Å²) < 4.78 is 0.0156. The van der Waals surface area contributed by atoms with Crippen LogP contribution in [0.25, 0.3) is 0 Å². The lowest BCUT2D eigenvalue weighted by molar-refractivity contribution is 0.769. The molecule has 0 aromatic carbocycles. The van der Waals surface area contributed by atoms with E-state index in [1.54, 1.807) is 0 Å². The first kappa shape index (κ1) is 8.02. The van der Waals surface area contributed by atoms with Crippen molar-refractivity contribution in [2.45, 2.75) is 18.2 Å². The summed E-state index contributed by atoms with van der Waals surface area (Å²) in [6.45, 7) is 7.88. The van der Waals surface area contributed by atoms with Gasteiger partial charge in [-0.05, 0) is 13.8 Å². The highest BCUT2D eigenvalue weighted by atomic mass is 79.9. The fourth-order valence-electron chi connectivity index (χ4n) is 0.297. The zero-order chi connectivity index (χ0) is 6.78. The van der Waals surface area contributed by atoms with E-state index >= 15 is 0 Å². The van der Waals surface area contributed by atoms with Crippen LogP contribution in [-0.4, -0.2) is 11.4 Å². The SMILES string of the molecule is C=C(NC)C(C)(C)Br. The molecular formula is C6H12BrN. The first-order chi connectivity index (χ1) is 3.48. The average molecular weight is 178 g/mol. The van der Waals surface area contributed by atoms with E-state index in [0.717, 1.165) is 5.70 Å². The molecular weight excluding hydrogens is 166 g/mol. The maximum Gasteiger partial charge on any atom is 0.0590 e. The van der Waals surface area contributed by atoms with Gasteiger partial charge in [0, 0.05) is 12.7 Å². The second-order valence-electron chi connectivity index (χ2n) is 2.20. The Labute approximate surface area is 59.3 Å². The van der Waals surface area contributed by atoms with Gasteiger partial charge in [0.25, 0.3) is 0 Å². The molecule has 0 aliphatic rings. The smallest absolute Gasteiger partial charge is 0.0590 e. The van der Waals surface area contributed by atoms with Crippen molar-refractivity contribution >= 4 is 15.9 Å². The minimum atomic E-state index is 0.0156. The molecule has 0 unspecified atom stereocenters. The predicted molar refractivity (Wildman–Crippen MR) is 41.2 cm³/mol. The molecule has 0 spiro atoms. The van der Waals surface area contributed by atoms with Crippen molar-refractivity contribution in [2.24, 2.45) is 0 Å². The van der Waals surface area contributed by atoms with Crippen LogP contribution in [0.4, 0.5) is 0 Å². The van der Waals surface area contributed by atoms with E-state index in [0.29, 0.717) is 0 Å². The summed E-state index contributed by atoms with van der Waals surface area (Å²) in [7, 11) is 1.87. The van der Waals surface area contributed by atoms with Crippen LogP contribution in [0.2, 0.25) is 0 Å². The van der Waals surface area contributed by atoms with Crippen molar-refractivity contribution in [1.82, 2.24) is 5.32 Å². The number of hydrogen-bond acceptors (Lipinski definition) is 1. The van der Waals surface area contributed by atoms with Crippen molar-refractivity contribution in [3.05, 3.63) is 12.3 Å². The van der Waals surface area contributed by atoms with Gasteiger partial charge in [-0.2, -0.15) is 0 Å². The number of alkyl halides is 1. The zero-order valence-corrected chi connectivity index (χ0v) is 7.17. The van der Waals surface area contributed by atoms with Gasteiger partial charge in [0.15, 0.2) is 0 Å². The largest absolute Gasteiger partial charge is 0.391 e. The molecule has 48 valence electrons. The average Bonchev–Trinajstić information content (AvgIpc) is 1.62. The third kappa shape index (κ3) is 2.36. The van der Waals surface area contributed by atoms with Gasteiger partial charge in [-0.1, -0.05) is 22.5 Å². The van der Waals surface area contributed by atoms with Gasteiger partial charge in [0.2, 0.25) is 0 Å². The van der Waals surface area contributed by atoms with Gasteiger partial charge in [0.05, 0.1) is 4.32 Å². The Hall–Kier alpha value is 0.0200. The number of hydrogen-bond donors (Lipinski definition) is 1. The van der Waals surface area contributed by atoms with Crippen LogP contribution >= 0.6 is 15.9 Å². The topological polar surface area (TPSA) is 12.0 Å². The van der Waals surface area contributed by atoms with Crippen LogP contribution in [-0.2, 0) is 0 Å². The normalized spacial score (nSPS) is 11.0. The molecule has 0 bridgehead atoms. The van der Waals surface area contributed by atoms with Crippen molar-refractivity contribution in [2.75, 3.05) is 7.05 Å². The molecule has 0 atom stereocenters. The Morgan fingerprint density at radius 2 is 2.00 bits per heavy atom. The molecule has 0 radical (unpaired) electrons. The third-order valence-electron chi connectivity index (χ3n) is 1.02. The summed E-state index contributed by atoms with van der Waals surface area (Å²) in [5.41, 5.74) is 0.998. The van der Waals surface area contributed by atoms with Crippen molar-refractivity contribution in [3.8, 4) is 0 Å². The molecule has 1 nitrogen and oxygen atoms in total. The predicted octanol–water partition coefficient (Wildman–Crippen LogP) is 1.89. The Morgan fingerprint density at radius 3 is 2.00 bits per heavy atom. The summed E-state index contributed by atoms with van der Waals surface area (Å²) in [5.74, 6) is 0. The number of nitrogens with one attached hydrogen (secondary N) is 1. The second-order valence-corrected chi connectivity index (χ2v) is 4.18. The molecule has 0 saturated heterocycles. The van der Waals surface area contributed by atoms with Gasteiger partial charge in [0.1, 0.15) is 0 Å². The number of rotatable bonds is 2. The molecule has 0 rings (SSSR count). The third-order valence-corrected chi connectivity index (χ3v) is 1.50. The molecule has 2 heteroatoms. The molecule has 0 heterocycles. The molecule has 0 amide bonds. The molecule has 1 N–H and O–H groups in total. The van der Waals surface area contributed by atoms with Crippen LogP contribution in [0.3, 0.4) is 0 Å². The summed E-state index contributed by atoms with van der Waals surface area (Å²) in [5, 5.41) is 2.96. The zero-order valence-electron chi connectivity index (χ0n) is 5.59. The lowest BCUT2D eigenvalue weighted by atomic mass is 10.1. The Morgan fingerprint density at radius 1 is 1.62 bits per heavy atom. The van der Waals surface area contributed by atoms with E-state index in [2.05, 4.69) is 27.8 Å². The highest BCUT2D eigenvalue weighted by Crippen LogP contribution is 2.21. The van der Waals surface area contributed by atoms with Crippen LogP contribution in [0.5, 0.6) is 0 Å². The van der Waals surface area contributed by atoms with Crippen LogP contribution in [0.1, 0.15) is 13.8 Å². The van der Waals surface area contributed by atoms with E-state index in [4.69, 9.17) is 0 Å². The number of allylic oxidation sites excluding steroid dienone is 1. The van der Waals surface area contributed by atoms with Gasteiger partial charge in [-0.3, -0.25) is 0 Å². The van der Waals surface area contributed by atoms with Crippen molar-refractivity contribution < 1.29 is 0 Å². The fourth-order valence-corrected chi connectivity index (χ4v) is 0.495. The standard InChI is InChI=1S/C6H12BrN/c1-5(8-4)6(2,3)7/h8H,1H2,2-4H3. The molecule has 0 aliphatic heterocycles. The lowest BCUT2D eigenvalue weighted by Gasteiger charge is -2.18. The van der Waals surface area contributed by atoms with Gasteiger partial charge in [-0.15, -0.1) is 0 Å². The summed E-state index contributed by atoms with van der Waals surface area (Å²) >= 11 is 3.44. The quantitative estimate of drug-likeness (QED) is 0.636. The van der Waals surface area contributed by atoms with Gasteiger partial charge in [-0.25, -0.2) is 0 Å². The van der Waals surface area contributed by atoms with E-state index < -0.39 is 0 Å². The second kappa shape index (κ2) is 2.53. The van der Waals surface area contributed by atoms with E-state index in [-0.39, 0.29) is 4.32 Å². The maximum atomic E-state index is 3.79. The minimum absolute atomic E-state index is 0.0156. The van der Waals surface area contributed by atoms with Crippen molar-refractivity contribution in [1.29, 1.82) is 0 Å². The monoisotopic (exact) mass is 177 g/mol. The highest BCUT2D eigenvalue weighted by Gasteiger charge is 2.14. The Kier molecular flexibility index (Phi) is 2.54. The molecule has 0 aromatic heterocycles. The molecule has 0 aromatic rings.